The van der Waals surface area contributed by atoms with Gasteiger partial charge in [-0.2, -0.15) is 0 Å². The summed E-state index contributed by atoms with van der Waals surface area (Å²) in [6.07, 6.45) is 0. The Morgan fingerprint density at radius 3 is 2.84 bits per heavy atom. The molecule has 19 heavy (non-hydrogen) atoms. The van der Waals surface area contributed by atoms with Crippen molar-refractivity contribution in [3.63, 3.8) is 0 Å². The van der Waals surface area contributed by atoms with Crippen molar-refractivity contribution in [3.05, 3.63) is 23.8 Å². The third-order valence-electron chi connectivity index (χ3n) is 3.81. The number of benzene rings is 1. The maximum absolute atomic E-state index is 11.5. The van der Waals surface area contributed by atoms with Crippen molar-refractivity contribution in [1.29, 1.82) is 0 Å². The summed E-state index contributed by atoms with van der Waals surface area (Å²) in [5, 5.41) is 0. The quantitative estimate of drug-likeness (QED) is 0.810. The van der Waals surface area contributed by atoms with E-state index >= 15 is 0 Å². The molecule has 1 fully saturated rings. The van der Waals surface area contributed by atoms with Crippen molar-refractivity contribution in [1.82, 2.24) is 4.90 Å². The third kappa shape index (κ3) is 2.14. The van der Waals surface area contributed by atoms with Gasteiger partial charge in [0.25, 0.3) is 0 Å². The van der Waals surface area contributed by atoms with Gasteiger partial charge in [-0.1, -0.05) is 12.1 Å². The Bertz CT molecular complexity index is 503. The second kappa shape index (κ2) is 4.74. The predicted molar refractivity (Wildman–Crippen MR) is 70.4 cm³/mol. The van der Waals surface area contributed by atoms with Crippen LogP contribution >= 0.6 is 0 Å². The molecule has 0 bridgehead atoms. The van der Waals surface area contributed by atoms with Crippen LogP contribution in [0, 0.1) is 0 Å². The molecule has 5 nitrogen and oxygen atoms in total. The molecule has 1 amide bonds. The minimum Gasteiger partial charge on any atom is -0.486 e. The molecule has 2 unspecified atom stereocenters. The van der Waals surface area contributed by atoms with E-state index in [0.717, 1.165) is 17.1 Å². The Labute approximate surface area is 112 Å². The maximum atomic E-state index is 11.5. The van der Waals surface area contributed by atoms with Gasteiger partial charge in [0.15, 0.2) is 11.5 Å². The second-order valence-corrected chi connectivity index (χ2v) is 5.07. The molecular formula is C14H18N2O3. The summed E-state index contributed by atoms with van der Waals surface area (Å²) in [6, 6.07) is 5.82. The zero-order chi connectivity index (χ0) is 13.4. The Kier molecular flexibility index (Phi) is 3.06. The Morgan fingerprint density at radius 1 is 1.32 bits per heavy atom. The summed E-state index contributed by atoms with van der Waals surface area (Å²) in [5.41, 5.74) is 7.23. The summed E-state index contributed by atoms with van der Waals surface area (Å²) in [7, 11) is 0. The molecule has 0 spiro atoms. The van der Waals surface area contributed by atoms with Gasteiger partial charge in [-0.05, 0) is 6.07 Å². The summed E-state index contributed by atoms with van der Waals surface area (Å²) >= 11 is 0. The number of carbonyl (C=O) groups is 1. The highest BCUT2D eigenvalue weighted by atomic mass is 16.6. The number of nitrogens with two attached hydrogens (primary N) is 1. The van der Waals surface area contributed by atoms with Crippen molar-refractivity contribution in [2.24, 2.45) is 5.73 Å². The number of carbonyl (C=O) groups excluding carboxylic acids is 1. The highest BCUT2D eigenvalue weighted by Crippen LogP contribution is 2.40. The van der Waals surface area contributed by atoms with E-state index in [1.165, 1.54) is 0 Å². The zero-order valence-electron chi connectivity index (χ0n) is 11.0. The van der Waals surface area contributed by atoms with Crippen molar-refractivity contribution >= 4 is 5.91 Å². The lowest BCUT2D eigenvalue weighted by molar-refractivity contribution is -0.127. The molecule has 1 aromatic rings. The van der Waals surface area contributed by atoms with Crippen molar-refractivity contribution in [2.75, 3.05) is 26.3 Å². The minimum absolute atomic E-state index is 0.0547. The Balaban J connectivity index is 1.92. The average Bonchev–Trinajstić information content (AvgIpc) is 2.80. The summed E-state index contributed by atoms with van der Waals surface area (Å²) in [6.45, 7) is 3.96. The lowest BCUT2D eigenvalue weighted by Crippen LogP contribution is -2.30. The number of amides is 1. The third-order valence-corrected chi connectivity index (χ3v) is 3.81. The lowest BCUT2D eigenvalue weighted by atomic mass is 9.93. The molecule has 0 aliphatic carbocycles. The van der Waals surface area contributed by atoms with Crippen molar-refractivity contribution in [3.8, 4) is 11.5 Å². The van der Waals surface area contributed by atoms with Crippen LogP contribution in [0.15, 0.2) is 18.2 Å². The number of rotatable bonds is 1. The number of nitrogens with zero attached hydrogens (tertiary/aromatic N) is 1. The molecule has 5 heteroatoms. The number of fused-ring (bicyclic) bond motifs is 1. The van der Waals surface area contributed by atoms with E-state index in [-0.39, 0.29) is 17.9 Å². The molecule has 102 valence electrons. The molecule has 0 aromatic heterocycles. The molecule has 1 aromatic carbocycles. The van der Waals surface area contributed by atoms with Crippen LogP contribution in [0.2, 0.25) is 0 Å². The SMILES string of the molecule is CC(=O)N1CC(N)C(c2cccc3c2OCCO3)C1. The van der Waals surface area contributed by atoms with E-state index in [1.807, 2.05) is 18.2 Å². The van der Waals surface area contributed by atoms with Gasteiger partial charge in [-0.15, -0.1) is 0 Å². The van der Waals surface area contributed by atoms with E-state index in [0.29, 0.717) is 26.3 Å². The Hall–Kier alpha value is -1.75. The molecule has 2 aliphatic heterocycles. The monoisotopic (exact) mass is 262 g/mol. The number of hydrogen-bond donors (Lipinski definition) is 1. The molecule has 0 radical (unpaired) electrons. The van der Waals surface area contributed by atoms with Crippen LogP contribution in [0.4, 0.5) is 0 Å². The standard InChI is InChI=1S/C14H18N2O3/c1-9(17)16-7-11(12(15)8-16)10-3-2-4-13-14(10)19-6-5-18-13/h2-4,11-12H,5-8,15H2,1H3. The minimum atomic E-state index is -0.0547. The largest absolute Gasteiger partial charge is 0.486 e. The first kappa shape index (κ1) is 12.3. The van der Waals surface area contributed by atoms with Gasteiger partial charge in [0.2, 0.25) is 5.91 Å². The Morgan fingerprint density at radius 2 is 2.11 bits per heavy atom. The van der Waals surface area contributed by atoms with E-state index in [1.54, 1.807) is 11.8 Å². The van der Waals surface area contributed by atoms with Gasteiger partial charge < -0.3 is 20.1 Å². The number of hydrogen-bond acceptors (Lipinski definition) is 4. The predicted octanol–water partition coefficient (Wildman–Crippen LogP) is 0.731. The van der Waals surface area contributed by atoms with Gasteiger partial charge in [-0.25, -0.2) is 0 Å². The topological polar surface area (TPSA) is 64.8 Å². The van der Waals surface area contributed by atoms with Crippen LogP contribution in [0.1, 0.15) is 18.4 Å². The van der Waals surface area contributed by atoms with E-state index in [4.69, 9.17) is 15.2 Å². The first-order chi connectivity index (χ1) is 9.16. The summed E-state index contributed by atoms with van der Waals surface area (Å²) < 4.78 is 11.3. The fourth-order valence-corrected chi connectivity index (χ4v) is 2.80. The molecule has 0 saturated carbocycles. The average molecular weight is 262 g/mol. The maximum Gasteiger partial charge on any atom is 0.219 e. The number of likely N-dealkylation sites (tertiary alicyclic amines) is 1. The van der Waals surface area contributed by atoms with Crippen LogP contribution in [-0.2, 0) is 4.79 Å². The molecule has 1 saturated heterocycles. The highest BCUT2D eigenvalue weighted by molar-refractivity contribution is 5.74. The van der Waals surface area contributed by atoms with Crippen LogP contribution in [0.25, 0.3) is 0 Å². The highest BCUT2D eigenvalue weighted by Gasteiger charge is 2.35. The van der Waals surface area contributed by atoms with Gasteiger partial charge in [0, 0.05) is 37.5 Å². The van der Waals surface area contributed by atoms with Gasteiger partial charge in [0.05, 0.1) is 0 Å². The van der Waals surface area contributed by atoms with Crippen LogP contribution in [0.3, 0.4) is 0 Å². The first-order valence-corrected chi connectivity index (χ1v) is 6.56. The number of para-hydroxylation sites is 1. The van der Waals surface area contributed by atoms with E-state index in [2.05, 4.69) is 0 Å². The number of ether oxygens (including phenoxy) is 2. The zero-order valence-corrected chi connectivity index (χ0v) is 11.0. The fraction of sp³-hybridized carbons (Fsp3) is 0.500. The molecule has 3 rings (SSSR count). The van der Waals surface area contributed by atoms with E-state index < -0.39 is 0 Å². The van der Waals surface area contributed by atoms with Crippen LogP contribution < -0.4 is 15.2 Å². The van der Waals surface area contributed by atoms with Gasteiger partial charge in [-0.3, -0.25) is 4.79 Å². The smallest absolute Gasteiger partial charge is 0.219 e. The van der Waals surface area contributed by atoms with Crippen LogP contribution in [-0.4, -0.2) is 43.2 Å². The first-order valence-electron chi connectivity index (χ1n) is 6.56. The summed E-state index contributed by atoms with van der Waals surface area (Å²) in [4.78, 5) is 13.3. The molecule has 2 aliphatic rings. The lowest BCUT2D eigenvalue weighted by Gasteiger charge is -2.24. The molecular weight excluding hydrogens is 244 g/mol. The van der Waals surface area contributed by atoms with Crippen molar-refractivity contribution in [2.45, 2.75) is 18.9 Å². The molecule has 2 N–H and O–H groups in total. The normalized spacial score (nSPS) is 25.5. The molecule has 2 atom stereocenters. The summed E-state index contributed by atoms with van der Waals surface area (Å²) in [5.74, 6) is 1.75. The second-order valence-electron chi connectivity index (χ2n) is 5.07. The molecule has 2 heterocycles. The van der Waals surface area contributed by atoms with Gasteiger partial charge >= 0.3 is 0 Å². The van der Waals surface area contributed by atoms with Crippen LogP contribution in [0.5, 0.6) is 11.5 Å². The van der Waals surface area contributed by atoms with Crippen molar-refractivity contribution < 1.29 is 14.3 Å². The van der Waals surface area contributed by atoms with E-state index in [9.17, 15) is 4.79 Å². The fourth-order valence-electron chi connectivity index (χ4n) is 2.80. The van der Waals surface area contributed by atoms with Gasteiger partial charge in [0.1, 0.15) is 13.2 Å².